The second kappa shape index (κ2) is 4.88. The first kappa shape index (κ1) is 11.5. The van der Waals surface area contributed by atoms with Crippen LogP contribution >= 0.6 is 11.3 Å². The molecule has 0 atom stereocenters. The highest BCUT2D eigenvalue weighted by Crippen LogP contribution is 2.16. The van der Waals surface area contributed by atoms with Gasteiger partial charge in [0.1, 0.15) is 5.01 Å². The average Bonchev–Trinajstić information content (AvgIpc) is 2.77. The molecule has 1 amide bonds. The molecule has 0 spiro atoms. The summed E-state index contributed by atoms with van der Waals surface area (Å²) in [7, 11) is 0. The van der Waals surface area contributed by atoms with Crippen molar-refractivity contribution in [3.05, 3.63) is 29.0 Å². The predicted octanol–water partition coefficient (Wildman–Crippen LogP) is 1.33. The van der Waals surface area contributed by atoms with E-state index in [1.54, 1.807) is 6.07 Å². The van der Waals surface area contributed by atoms with E-state index >= 15 is 0 Å². The predicted molar refractivity (Wildman–Crippen MR) is 65.9 cm³/mol. The van der Waals surface area contributed by atoms with E-state index in [-0.39, 0.29) is 5.91 Å². The summed E-state index contributed by atoms with van der Waals surface area (Å²) in [4.78, 5) is 15.6. The molecule has 2 rings (SSSR count). The number of aromatic nitrogens is 3. The Balaban J connectivity index is 2.11. The Kier molecular flexibility index (Phi) is 3.29. The van der Waals surface area contributed by atoms with Gasteiger partial charge in [-0.3, -0.25) is 15.1 Å². The van der Waals surface area contributed by atoms with E-state index in [0.29, 0.717) is 16.4 Å². The summed E-state index contributed by atoms with van der Waals surface area (Å²) in [6, 6.07) is 1.56. The zero-order chi connectivity index (χ0) is 12.3. The van der Waals surface area contributed by atoms with Gasteiger partial charge in [-0.15, -0.1) is 10.2 Å². The number of nitrogen functional groups attached to an aromatic ring is 1. The Morgan fingerprint density at radius 3 is 2.94 bits per heavy atom. The van der Waals surface area contributed by atoms with E-state index in [1.165, 1.54) is 23.7 Å². The molecular formula is C10H11N5OS. The zero-order valence-electron chi connectivity index (χ0n) is 9.17. The molecule has 0 aliphatic heterocycles. The molecule has 3 N–H and O–H groups in total. The summed E-state index contributed by atoms with van der Waals surface area (Å²) in [6.07, 6.45) is 3.73. The van der Waals surface area contributed by atoms with E-state index in [4.69, 9.17) is 5.73 Å². The molecule has 0 bridgehead atoms. The van der Waals surface area contributed by atoms with Crippen LogP contribution in [-0.2, 0) is 6.42 Å². The highest BCUT2D eigenvalue weighted by Gasteiger charge is 2.10. The van der Waals surface area contributed by atoms with E-state index in [9.17, 15) is 4.79 Å². The molecule has 2 aromatic rings. The number of anilines is 2. The lowest BCUT2D eigenvalue weighted by Gasteiger charge is -2.00. The Morgan fingerprint density at radius 1 is 1.47 bits per heavy atom. The number of nitrogens with two attached hydrogens (primary N) is 1. The molecule has 0 radical (unpaired) electrons. The summed E-state index contributed by atoms with van der Waals surface area (Å²) >= 11 is 1.35. The van der Waals surface area contributed by atoms with Crippen LogP contribution in [0.3, 0.4) is 0 Å². The zero-order valence-corrected chi connectivity index (χ0v) is 9.99. The Bertz CT molecular complexity index is 539. The molecule has 0 fully saturated rings. The van der Waals surface area contributed by atoms with Crippen LogP contribution < -0.4 is 11.1 Å². The number of nitrogens with one attached hydrogen (secondary N) is 1. The van der Waals surface area contributed by atoms with Crippen LogP contribution in [0.1, 0.15) is 22.3 Å². The molecule has 0 aliphatic carbocycles. The van der Waals surface area contributed by atoms with Crippen molar-refractivity contribution in [3.63, 3.8) is 0 Å². The largest absolute Gasteiger partial charge is 0.397 e. The third-order valence-electron chi connectivity index (χ3n) is 2.01. The van der Waals surface area contributed by atoms with E-state index in [2.05, 4.69) is 20.5 Å². The van der Waals surface area contributed by atoms with Gasteiger partial charge in [0, 0.05) is 12.4 Å². The number of aryl methyl sites for hydroxylation is 1. The van der Waals surface area contributed by atoms with Crippen LogP contribution in [0.5, 0.6) is 0 Å². The minimum atomic E-state index is -0.288. The maximum Gasteiger partial charge on any atom is 0.259 e. The fourth-order valence-corrected chi connectivity index (χ4v) is 1.87. The number of hydrogen-bond donors (Lipinski definition) is 2. The number of hydrogen-bond acceptors (Lipinski definition) is 6. The lowest BCUT2D eigenvalue weighted by molar-refractivity contribution is 0.102. The van der Waals surface area contributed by atoms with Crippen molar-refractivity contribution in [3.8, 4) is 0 Å². The minimum Gasteiger partial charge on any atom is -0.397 e. The Morgan fingerprint density at radius 2 is 2.29 bits per heavy atom. The Hall–Kier alpha value is -2.02. The van der Waals surface area contributed by atoms with Gasteiger partial charge in [-0.1, -0.05) is 18.3 Å². The molecule has 2 aromatic heterocycles. The van der Waals surface area contributed by atoms with Crippen molar-refractivity contribution in [1.82, 2.24) is 15.2 Å². The quantitative estimate of drug-likeness (QED) is 0.855. The first-order valence-electron chi connectivity index (χ1n) is 5.03. The highest BCUT2D eigenvalue weighted by molar-refractivity contribution is 7.15. The molecule has 0 saturated carbocycles. The number of pyridine rings is 1. The molecule has 17 heavy (non-hydrogen) atoms. The van der Waals surface area contributed by atoms with Gasteiger partial charge in [0.2, 0.25) is 5.13 Å². The van der Waals surface area contributed by atoms with Gasteiger partial charge in [0.05, 0.1) is 11.3 Å². The van der Waals surface area contributed by atoms with Gasteiger partial charge in [-0.25, -0.2) is 0 Å². The number of carbonyl (C=O) groups excluding carboxylic acids is 1. The SMILES string of the molecule is CCc1nnc(NC(=O)c2cncc(N)c2)s1. The van der Waals surface area contributed by atoms with Gasteiger partial charge >= 0.3 is 0 Å². The van der Waals surface area contributed by atoms with Gasteiger partial charge in [0.25, 0.3) is 5.91 Å². The van der Waals surface area contributed by atoms with Crippen LogP contribution in [0.25, 0.3) is 0 Å². The van der Waals surface area contributed by atoms with Crippen LogP contribution in [0.2, 0.25) is 0 Å². The number of amides is 1. The topological polar surface area (TPSA) is 93.8 Å². The molecule has 7 heteroatoms. The molecule has 0 aliphatic rings. The normalized spacial score (nSPS) is 10.2. The molecule has 88 valence electrons. The van der Waals surface area contributed by atoms with Crippen molar-refractivity contribution >= 4 is 28.1 Å². The first-order chi connectivity index (χ1) is 8.19. The number of rotatable bonds is 3. The van der Waals surface area contributed by atoms with Gasteiger partial charge in [0.15, 0.2) is 0 Å². The fraction of sp³-hybridized carbons (Fsp3) is 0.200. The summed E-state index contributed by atoms with van der Waals surface area (Å²) in [6.45, 7) is 1.98. The van der Waals surface area contributed by atoms with Crippen LogP contribution in [0.4, 0.5) is 10.8 Å². The molecular weight excluding hydrogens is 238 g/mol. The van der Waals surface area contributed by atoms with Crippen molar-refractivity contribution in [2.75, 3.05) is 11.1 Å². The average molecular weight is 249 g/mol. The third-order valence-corrected chi connectivity index (χ3v) is 2.99. The van der Waals surface area contributed by atoms with Crippen molar-refractivity contribution in [2.24, 2.45) is 0 Å². The monoisotopic (exact) mass is 249 g/mol. The molecule has 0 unspecified atom stereocenters. The van der Waals surface area contributed by atoms with Crippen molar-refractivity contribution in [2.45, 2.75) is 13.3 Å². The lowest BCUT2D eigenvalue weighted by atomic mass is 10.2. The van der Waals surface area contributed by atoms with E-state index in [1.807, 2.05) is 6.92 Å². The smallest absolute Gasteiger partial charge is 0.259 e. The maximum absolute atomic E-state index is 11.8. The summed E-state index contributed by atoms with van der Waals surface area (Å²) in [5, 5.41) is 11.8. The van der Waals surface area contributed by atoms with Gasteiger partial charge < -0.3 is 5.73 Å². The second-order valence-corrected chi connectivity index (χ2v) is 4.38. The molecule has 0 aromatic carbocycles. The van der Waals surface area contributed by atoms with Crippen LogP contribution in [0.15, 0.2) is 18.5 Å². The third kappa shape index (κ3) is 2.76. The lowest BCUT2D eigenvalue weighted by Crippen LogP contribution is -2.12. The van der Waals surface area contributed by atoms with Crippen molar-refractivity contribution < 1.29 is 4.79 Å². The fourth-order valence-electron chi connectivity index (χ4n) is 1.20. The van der Waals surface area contributed by atoms with Crippen molar-refractivity contribution in [1.29, 1.82) is 0 Å². The van der Waals surface area contributed by atoms with E-state index in [0.717, 1.165) is 11.4 Å². The summed E-state index contributed by atoms with van der Waals surface area (Å²) in [5.41, 5.74) is 6.40. The van der Waals surface area contributed by atoms with Crippen LogP contribution in [0, 0.1) is 0 Å². The minimum absolute atomic E-state index is 0.288. The van der Waals surface area contributed by atoms with Gasteiger partial charge in [-0.2, -0.15) is 0 Å². The van der Waals surface area contributed by atoms with Gasteiger partial charge in [-0.05, 0) is 12.5 Å². The van der Waals surface area contributed by atoms with E-state index < -0.39 is 0 Å². The maximum atomic E-state index is 11.8. The standard InChI is InChI=1S/C10H11N5OS/c1-2-8-14-15-10(17-8)13-9(16)6-3-7(11)5-12-4-6/h3-5H,2,11H2,1H3,(H,13,15,16). The second-order valence-electron chi connectivity index (χ2n) is 3.32. The molecule has 0 saturated heterocycles. The first-order valence-corrected chi connectivity index (χ1v) is 5.85. The molecule has 6 nitrogen and oxygen atoms in total. The Labute approximate surface area is 102 Å². The highest BCUT2D eigenvalue weighted by atomic mass is 32.1. The number of nitrogens with zero attached hydrogens (tertiary/aromatic N) is 3. The van der Waals surface area contributed by atoms with Crippen LogP contribution in [-0.4, -0.2) is 21.1 Å². The number of carbonyl (C=O) groups is 1. The summed E-state index contributed by atoms with van der Waals surface area (Å²) < 4.78 is 0. The summed E-state index contributed by atoms with van der Waals surface area (Å²) in [5.74, 6) is -0.288. The molecule has 2 heterocycles.